The summed E-state index contributed by atoms with van der Waals surface area (Å²) in [6, 6.07) is 10.7. The van der Waals surface area contributed by atoms with Crippen molar-refractivity contribution in [3.05, 3.63) is 53.3 Å². The maximum Gasteiger partial charge on any atom is 0.272 e. The molecule has 1 amide bonds. The summed E-state index contributed by atoms with van der Waals surface area (Å²) in [5.41, 5.74) is 3.07. The number of sulfonamides is 1. The highest BCUT2D eigenvalue weighted by molar-refractivity contribution is 7.88. The van der Waals surface area contributed by atoms with Crippen LogP contribution in [-0.2, 0) is 23.6 Å². The maximum atomic E-state index is 12.2. The van der Waals surface area contributed by atoms with Gasteiger partial charge < -0.3 is 9.88 Å². The Balaban J connectivity index is 2.02. The van der Waals surface area contributed by atoms with Gasteiger partial charge in [0.2, 0.25) is 10.0 Å². The highest BCUT2D eigenvalue weighted by atomic mass is 32.2. The van der Waals surface area contributed by atoms with E-state index in [4.69, 9.17) is 0 Å². The van der Waals surface area contributed by atoms with E-state index in [1.807, 2.05) is 24.6 Å². The third-order valence-electron chi connectivity index (χ3n) is 3.36. The second-order valence-electron chi connectivity index (χ2n) is 5.16. The molecule has 1 aromatic carbocycles. The standard InChI is InChI=1S/C15H19N3O3S/c1-11-4-9-14(18(11)2)15(19)17-13-7-5-12(6-8-13)10-16-22(3,20)21/h4-9,16H,10H2,1-3H3,(H,17,19). The summed E-state index contributed by atoms with van der Waals surface area (Å²) in [5.74, 6) is -0.183. The van der Waals surface area contributed by atoms with Crippen LogP contribution in [0.5, 0.6) is 0 Å². The van der Waals surface area contributed by atoms with Crippen molar-refractivity contribution in [3.8, 4) is 0 Å². The van der Waals surface area contributed by atoms with Gasteiger partial charge in [0.15, 0.2) is 0 Å². The van der Waals surface area contributed by atoms with E-state index >= 15 is 0 Å². The van der Waals surface area contributed by atoms with Gasteiger partial charge >= 0.3 is 0 Å². The molecule has 2 N–H and O–H groups in total. The molecule has 0 spiro atoms. The highest BCUT2D eigenvalue weighted by Gasteiger charge is 2.11. The van der Waals surface area contributed by atoms with E-state index in [9.17, 15) is 13.2 Å². The first-order valence-electron chi connectivity index (χ1n) is 6.73. The minimum Gasteiger partial charge on any atom is -0.344 e. The van der Waals surface area contributed by atoms with Crippen molar-refractivity contribution in [2.24, 2.45) is 7.05 Å². The Morgan fingerprint density at radius 2 is 1.77 bits per heavy atom. The van der Waals surface area contributed by atoms with Crippen molar-refractivity contribution < 1.29 is 13.2 Å². The number of hydrogen-bond donors (Lipinski definition) is 2. The van der Waals surface area contributed by atoms with Crippen LogP contribution in [0.1, 0.15) is 21.7 Å². The molecule has 6 nitrogen and oxygen atoms in total. The first-order chi connectivity index (χ1) is 10.3. The molecule has 2 aromatic rings. The molecule has 1 heterocycles. The van der Waals surface area contributed by atoms with Crippen molar-refractivity contribution >= 4 is 21.6 Å². The van der Waals surface area contributed by atoms with Gasteiger partial charge in [-0.3, -0.25) is 4.79 Å². The number of benzene rings is 1. The zero-order valence-corrected chi connectivity index (χ0v) is 13.6. The minimum atomic E-state index is -3.21. The van der Waals surface area contributed by atoms with Crippen LogP contribution in [0.3, 0.4) is 0 Å². The summed E-state index contributed by atoms with van der Waals surface area (Å²) in [6.45, 7) is 2.16. The van der Waals surface area contributed by atoms with E-state index < -0.39 is 10.0 Å². The molecule has 0 radical (unpaired) electrons. The molecule has 2 rings (SSSR count). The average molecular weight is 321 g/mol. The lowest BCUT2D eigenvalue weighted by Crippen LogP contribution is -2.21. The summed E-state index contributed by atoms with van der Waals surface area (Å²) >= 11 is 0. The Kier molecular flexibility index (Phi) is 4.68. The molecule has 22 heavy (non-hydrogen) atoms. The Morgan fingerprint density at radius 3 is 2.27 bits per heavy atom. The number of rotatable bonds is 5. The van der Waals surface area contributed by atoms with Crippen LogP contribution in [0.15, 0.2) is 36.4 Å². The number of carbonyl (C=O) groups is 1. The van der Waals surface area contributed by atoms with Gasteiger partial charge in [-0.25, -0.2) is 13.1 Å². The van der Waals surface area contributed by atoms with Crippen LogP contribution in [-0.4, -0.2) is 25.1 Å². The molecule has 0 fully saturated rings. The monoisotopic (exact) mass is 321 g/mol. The van der Waals surface area contributed by atoms with Crippen molar-refractivity contribution in [2.45, 2.75) is 13.5 Å². The van der Waals surface area contributed by atoms with E-state index in [0.717, 1.165) is 17.5 Å². The van der Waals surface area contributed by atoms with Crippen LogP contribution in [0.25, 0.3) is 0 Å². The lowest BCUT2D eigenvalue weighted by Gasteiger charge is -2.08. The van der Waals surface area contributed by atoms with Gasteiger partial charge in [-0.15, -0.1) is 0 Å². The number of nitrogens with one attached hydrogen (secondary N) is 2. The SMILES string of the molecule is Cc1ccc(C(=O)Nc2ccc(CNS(C)(=O)=O)cc2)n1C. The molecule has 0 bridgehead atoms. The van der Waals surface area contributed by atoms with Crippen molar-refractivity contribution in [1.82, 2.24) is 9.29 Å². The minimum absolute atomic E-state index is 0.183. The van der Waals surface area contributed by atoms with E-state index in [1.165, 1.54) is 0 Å². The third kappa shape index (κ3) is 4.19. The van der Waals surface area contributed by atoms with Gasteiger partial charge in [0.25, 0.3) is 5.91 Å². The molecule has 0 aliphatic rings. The Labute approximate surface area is 130 Å². The van der Waals surface area contributed by atoms with Gasteiger partial charge in [-0.2, -0.15) is 0 Å². The third-order valence-corrected chi connectivity index (χ3v) is 4.02. The molecule has 0 unspecified atom stereocenters. The largest absolute Gasteiger partial charge is 0.344 e. The molecule has 0 atom stereocenters. The van der Waals surface area contributed by atoms with Gasteiger partial charge in [0.05, 0.1) is 6.26 Å². The zero-order valence-electron chi connectivity index (χ0n) is 12.8. The smallest absolute Gasteiger partial charge is 0.272 e. The average Bonchev–Trinajstić information content (AvgIpc) is 2.77. The predicted molar refractivity (Wildman–Crippen MR) is 86.2 cm³/mol. The lowest BCUT2D eigenvalue weighted by atomic mass is 10.2. The number of anilines is 1. The van der Waals surface area contributed by atoms with Crippen LogP contribution < -0.4 is 10.0 Å². The Bertz CT molecular complexity index is 777. The van der Waals surface area contributed by atoms with E-state index in [0.29, 0.717) is 11.4 Å². The predicted octanol–water partition coefficient (Wildman–Crippen LogP) is 1.64. The van der Waals surface area contributed by atoms with Crippen molar-refractivity contribution in [3.63, 3.8) is 0 Å². The quantitative estimate of drug-likeness (QED) is 0.878. The topological polar surface area (TPSA) is 80.2 Å². The molecule has 1 aromatic heterocycles. The number of carbonyl (C=O) groups excluding carboxylic acids is 1. The molecular weight excluding hydrogens is 302 g/mol. The number of aromatic nitrogens is 1. The van der Waals surface area contributed by atoms with Gasteiger partial charge in [-0.05, 0) is 36.8 Å². The second kappa shape index (κ2) is 6.33. The molecular formula is C15H19N3O3S. The Morgan fingerprint density at radius 1 is 1.14 bits per heavy atom. The van der Waals surface area contributed by atoms with Gasteiger partial charge in [0, 0.05) is 25.0 Å². The summed E-state index contributed by atoms with van der Waals surface area (Å²) in [4.78, 5) is 12.2. The second-order valence-corrected chi connectivity index (χ2v) is 7.00. The molecule has 0 saturated heterocycles. The van der Waals surface area contributed by atoms with Crippen LogP contribution in [0.2, 0.25) is 0 Å². The van der Waals surface area contributed by atoms with E-state index in [1.54, 1.807) is 30.3 Å². The summed E-state index contributed by atoms with van der Waals surface area (Å²) < 4.78 is 26.3. The summed E-state index contributed by atoms with van der Waals surface area (Å²) in [5, 5.41) is 2.81. The molecule has 0 saturated carbocycles. The highest BCUT2D eigenvalue weighted by Crippen LogP contribution is 2.13. The fourth-order valence-electron chi connectivity index (χ4n) is 1.96. The van der Waals surface area contributed by atoms with Gasteiger partial charge in [0.1, 0.15) is 5.69 Å². The van der Waals surface area contributed by atoms with Crippen molar-refractivity contribution in [1.29, 1.82) is 0 Å². The number of aryl methyl sites for hydroxylation is 1. The zero-order chi connectivity index (χ0) is 16.3. The first kappa shape index (κ1) is 16.3. The molecule has 0 aliphatic carbocycles. The molecule has 0 aliphatic heterocycles. The molecule has 7 heteroatoms. The van der Waals surface area contributed by atoms with Crippen LogP contribution >= 0.6 is 0 Å². The first-order valence-corrected chi connectivity index (χ1v) is 8.62. The summed E-state index contributed by atoms with van der Waals surface area (Å²) in [6.07, 6.45) is 1.11. The molecule has 118 valence electrons. The van der Waals surface area contributed by atoms with Crippen molar-refractivity contribution in [2.75, 3.05) is 11.6 Å². The fourth-order valence-corrected chi connectivity index (χ4v) is 2.39. The normalized spacial score (nSPS) is 11.4. The van der Waals surface area contributed by atoms with E-state index in [-0.39, 0.29) is 12.5 Å². The number of amides is 1. The fraction of sp³-hybridized carbons (Fsp3) is 0.267. The lowest BCUT2D eigenvalue weighted by molar-refractivity contribution is 0.101. The number of hydrogen-bond acceptors (Lipinski definition) is 3. The van der Waals surface area contributed by atoms with E-state index in [2.05, 4.69) is 10.0 Å². The Hall–Kier alpha value is -2.12. The van der Waals surface area contributed by atoms with Crippen LogP contribution in [0.4, 0.5) is 5.69 Å². The van der Waals surface area contributed by atoms with Gasteiger partial charge in [-0.1, -0.05) is 12.1 Å². The summed E-state index contributed by atoms with van der Waals surface area (Å²) in [7, 11) is -1.37. The maximum absolute atomic E-state index is 12.2. The van der Waals surface area contributed by atoms with Crippen LogP contribution in [0, 0.1) is 6.92 Å². The number of nitrogens with zero attached hydrogens (tertiary/aromatic N) is 1.